The van der Waals surface area contributed by atoms with Crippen molar-refractivity contribution in [3.63, 3.8) is 0 Å². The molecule has 0 radical (unpaired) electrons. The maximum atomic E-state index is 15.5. The monoisotopic (exact) mass is 1250 g/mol. The Bertz CT molecular complexity index is 2380. The number of aldehydes is 1. The Balaban J connectivity index is 0.00000403. The van der Waals surface area contributed by atoms with E-state index in [4.69, 9.17) is 42.6 Å². The third kappa shape index (κ3) is 14.4. The second kappa shape index (κ2) is 30.0. The molecule has 20 nitrogen and oxygen atoms in total. The Morgan fingerprint density at radius 1 is 0.739 bits per heavy atom. The van der Waals surface area contributed by atoms with Crippen molar-refractivity contribution in [3.8, 4) is 0 Å². The maximum absolute atomic E-state index is 15.5. The van der Waals surface area contributed by atoms with Gasteiger partial charge in [-0.25, -0.2) is 4.79 Å². The SMILES string of the molecule is CCC.CCC(C)C(CC(O)CC(=O)OC(CC(O)CC(=O)CC1C(O)C(C)OC(OC(=O)[C@]23CCC(C)(C)CC2C2=CCC4C5(C)CC[C@H](OC6OC(C(=O)O)C(O)C(OC)C6OC)[C@@](C)(C=O)C5CCC4(C)[C@]2(C)C[C@H]3O)C1OC)C(C)CC)OC. The van der Waals surface area contributed by atoms with Crippen LogP contribution in [0.25, 0.3) is 0 Å². The molecule has 0 aromatic rings. The first-order valence-electron chi connectivity index (χ1n) is 33.1. The lowest BCUT2D eigenvalue weighted by Crippen LogP contribution is -2.69. The van der Waals surface area contributed by atoms with Crippen LogP contribution in [0.15, 0.2) is 11.6 Å². The summed E-state index contributed by atoms with van der Waals surface area (Å²) in [6, 6.07) is 0. The van der Waals surface area contributed by atoms with Gasteiger partial charge in [-0.05, 0) is 116 Å². The average Bonchev–Trinajstić information content (AvgIpc) is 0.967. The molecule has 2 saturated heterocycles. The molecule has 2 heterocycles. The van der Waals surface area contributed by atoms with Crippen molar-refractivity contribution < 1.29 is 97.2 Å². The largest absolute Gasteiger partial charge is 0.479 e. The number of hydrogen-bond donors (Lipinski definition) is 6. The van der Waals surface area contributed by atoms with Crippen LogP contribution in [0.3, 0.4) is 0 Å². The third-order valence-corrected chi connectivity index (χ3v) is 23.5. The van der Waals surface area contributed by atoms with Gasteiger partial charge in [0.05, 0.1) is 54.6 Å². The molecule has 6 fully saturated rings. The average molecular weight is 1250 g/mol. The van der Waals surface area contributed by atoms with Crippen LogP contribution in [0, 0.1) is 68.0 Å². The van der Waals surface area contributed by atoms with E-state index < -0.39 is 148 Å². The molecule has 2 aliphatic heterocycles. The summed E-state index contributed by atoms with van der Waals surface area (Å²) >= 11 is 0. The van der Waals surface area contributed by atoms with Crippen LogP contribution < -0.4 is 0 Å². The minimum absolute atomic E-state index is 0.0284. The molecule has 0 amide bonds. The van der Waals surface area contributed by atoms with Gasteiger partial charge in [0.2, 0.25) is 6.29 Å². The third-order valence-electron chi connectivity index (χ3n) is 23.5. The molecule has 7 aliphatic rings. The minimum Gasteiger partial charge on any atom is -0.479 e. The number of allylic oxidation sites excluding steroid dienone is 2. The highest BCUT2D eigenvalue weighted by Crippen LogP contribution is 2.76. The summed E-state index contributed by atoms with van der Waals surface area (Å²) in [5.74, 6) is -4.47. The number of carboxylic acid groups (broad SMARTS) is 1. The second-order valence-corrected chi connectivity index (χ2v) is 29.5. The van der Waals surface area contributed by atoms with Crippen LogP contribution in [-0.4, -0.2) is 181 Å². The molecule has 88 heavy (non-hydrogen) atoms. The van der Waals surface area contributed by atoms with E-state index >= 15 is 4.79 Å². The number of hydrogen-bond acceptors (Lipinski definition) is 19. The number of methoxy groups -OCH3 is 4. The summed E-state index contributed by atoms with van der Waals surface area (Å²) in [6.45, 7) is 26.9. The smallest absolute Gasteiger partial charge is 0.335 e. The number of aliphatic hydroxyl groups excluding tert-OH is 5. The van der Waals surface area contributed by atoms with E-state index in [9.17, 15) is 49.8 Å². The van der Waals surface area contributed by atoms with Gasteiger partial charge >= 0.3 is 17.9 Å². The van der Waals surface area contributed by atoms with Crippen molar-refractivity contribution in [1.82, 2.24) is 0 Å². The highest BCUT2D eigenvalue weighted by Gasteiger charge is 2.72. The van der Waals surface area contributed by atoms with Gasteiger partial charge in [0, 0.05) is 60.0 Å². The van der Waals surface area contributed by atoms with E-state index in [-0.39, 0.29) is 73.7 Å². The Hall–Kier alpha value is -2.99. The number of rotatable bonds is 25. The van der Waals surface area contributed by atoms with Crippen molar-refractivity contribution in [2.45, 2.75) is 291 Å². The van der Waals surface area contributed by atoms with Crippen molar-refractivity contribution in [1.29, 1.82) is 0 Å². The molecular formula is C68H114O20. The van der Waals surface area contributed by atoms with Gasteiger partial charge in [-0.3, -0.25) is 14.4 Å². The molecule has 21 unspecified atom stereocenters. The quantitative estimate of drug-likeness (QED) is 0.0216. The fourth-order valence-corrected chi connectivity index (χ4v) is 17.8. The van der Waals surface area contributed by atoms with Crippen LogP contribution in [0.5, 0.6) is 0 Å². The number of aliphatic hydroxyl groups is 5. The number of carbonyl (C=O) groups excluding carboxylic acids is 4. The van der Waals surface area contributed by atoms with Crippen molar-refractivity contribution in [2.24, 2.45) is 68.0 Å². The second-order valence-electron chi connectivity index (χ2n) is 29.5. The van der Waals surface area contributed by atoms with Gasteiger partial charge in [-0.2, -0.15) is 0 Å². The van der Waals surface area contributed by atoms with Crippen molar-refractivity contribution in [2.75, 3.05) is 28.4 Å². The van der Waals surface area contributed by atoms with E-state index in [1.807, 2.05) is 34.6 Å². The van der Waals surface area contributed by atoms with Gasteiger partial charge in [-0.15, -0.1) is 0 Å². The number of carbonyl (C=O) groups is 5. The molecule has 0 aromatic heterocycles. The highest BCUT2D eigenvalue weighted by molar-refractivity contribution is 5.81. The van der Waals surface area contributed by atoms with E-state index in [0.717, 1.165) is 18.3 Å². The molecular weight excluding hydrogens is 1140 g/mol. The molecule has 0 spiro atoms. The molecule has 26 atom stereocenters. The number of Topliss-reactive ketones (excluding diaryl/α,β-unsaturated/α-hetero) is 1. The molecule has 0 bridgehead atoms. The van der Waals surface area contributed by atoms with Gasteiger partial charge in [0.25, 0.3) is 0 Å². The molecule has 0 aromatic carbocycles. The van der Waals surface area contributed by atoms with Crippen molar-refractivity contribution >= 4 is 30.0 Å². The topological polar surface area (TPSA) is 290 Å². The number of aliphatic carboxylic acids is 1. The lowest BCUT2D eigenvalue weighted by molar-refractivity contribution is -0.327. The van der Waals surface area contributed by atoms with Crippen LogP contribution in [0.1, 0.15) is 199 Å². The maximum Gasteiger partial charge on any atom is 0.335 e. The van der Waals surface area contributed by atoms with Gasteiger partial charge in [0.15, 0.2) is 12.4 Å². The zero-order valence-electron chi connectivity index (χ0n) is 56.2. The highest BCUT2D eigenvalue weighted by atomic mass is 16.7. The number of esters is 2. The first-order valence-corrected chi connectivity index (χ1v) is 33.1. The first kappa shape index (κ1) is 74.1. The van der Waals surface area contributed by atoms with Crippen LogP contribution >= 0.6 is 0 Å². The summed E-state index contributed by atoms with van der Waals surface area (Å²) in [4.78, 5) is 68.6. The van der Waals surface area contributed by atoms with E-state index in [1.165, 1.54) is 27.8 Å². The van der Waals surface area contributed by atoms with Gasteiger partial charge in [-0.1, -0.05) is 114 Å². The van der Waals surface area contributed by atoms with Crippen LogP contribution in [0.4, 0.5) is 0 Å². The number of ether oxygens (including phenoxy) is 9. The lowest BCUT2D eigenvalue weighted by atomic mass is 9.33. The predicted molar refractivity (Wildman–Crippen MR) is 326 cm³/mol. The summed E-state index contributed by atoms with van der Waals surface area (Å²) in [5, 5.41) is 67.7. The standard InChI is InChI=1S/C65H106O20.C3H8/c1-16-34(3)43(77-12)28-39(69)30-49(71)82-44(35(4)17-2)29-38(68)26-37(67)27-40-50(72)36(5)81-57(52(40)78-13)85-59(76)65-25-24-60(6,7)31-42(65)41-18-19-46-61(8)22-21-48(83-58-55(80-15)53(79-14)51(73)54(84-58)56(74)75)62(9,33-66)45(61)20-23-63(46,10)64(41,11)32-47(65)70;1-3-2/h18,33-36,38-40,42-48,50-55,57-58,68-70,72-73H,16-17,19-32H2,1-15H3,(H,74,75);3H2,1-2H3/t34?,35?,36?,38?,39?,40?,42?,43?,44?,45?,46?,47-,48+,50?,51?,52?,53?,54?,55?,57?,58?,61?,62+,63?,64-,65-;/m1./s1. The first-order chi connectivity index (χ1) is 41.3. The Labute approximate surface area is 524 Å². The van der Waals surface area contributed by atoms with E-state index in [1.54, 1.807) is 14.0 Å². The molecule has 5 aliphatic carbocycles. The van der Waals surface area contributed by atoms with Crippen LogP contribution in [-0.2, 0) is 66.6 Å². The predicted octanol–water partition coefficient (Wildman–Crippen LogP) is 8.48. The lowest BCUT2D eigenvalue weighted by Gasteiger charge is -2.71. The minimum atomic E-state index is -1.65. The molecule has 20 heteroatoms. The van der Waals surface area contributed by atoms with E-state index in [2.05, 4.69) is 54.5 Å². The molecule has 506 valence electrons. The van der Waals surface area contributed by atoms with E-state index in [0.29, 0.717) is 57.8 Å². The fourth-order valence-electron chi connectivity index (χ4n) is 17.8. The number of fused-ring (bicyclic) bond motifs is 7. The number of carboxylic acids is 1. The van der Waals surface area contributed by atoms with Gasteiger partial charge < -0.3 is 78.1 Å². The Morgan fingerprint density at radius 3 is 1.92 bits per heavy atom. The number of ketones is 1. The molecule has 6 N–H and O–H groups in total. The summed E-state index contributed by atoms with van der Waals surface area (Å²) in [5.41, 5.74) is -2.89. The summed E-state index contributed by atoms with van der Waals surface area (Å²) < 4.78 is 53.9. The molecule has 7 rings (SSSR count). The molecule has 4 saturated carbocycles. The fraction of sp³-hybridized carbons (Fsp3) is 0.897. The van der Waals surface area contributed by atoms with Gasteiger partial charge in [0.1, 0.15) is 48.0 Å². The summed E-state index contributed by atoms with van der Waals surface area (Å²) in [6.07, 6.45) is -5.65. The zero-order valence-corrected chi connectivity index (χ0v) is 56.2. The Kier molecular flexibility index (Phi) is 25.2. The normalized spacial score (nSPS) is 41.4. The zero-order chi connectivity index (χ0) is 65.8. The summed E-state index contributed by atoms with van der Waals surface area (Å²) in [7, 11) is 5.74. The Morgan fingerprint density at radius 2 is 1.34 bits per heavy atom. The van der Waals surface area contributed by atoms with Crippen molar-refractivity contribution in [3.05, 3.63) is 11.6 Å². The van der Waals surface area contributed by atoms with Crippen LogP contribution in [0.2, 0.25) is 0 Å².